The molecule has 0 fully saturated rings. The summed E-state index contributed by atoms with van der Waals surface area (Å²) in [6, 6.07) is 0. The number of ether oxygens (including phenoxy) is 3. The van der Waals surface area contributed by atoms with Crippen molar-refractivity contribution in [2.45, 2.75) is 219 Å². The first-order valence-corrected chi connectivity index (χ1v) is 27.3. The van der Waals surface area contributed by atoms with Crippen molar-refractivity contribution >= 4 is 17.9 Å². The van der Waals surface area contributed by atoms with Gasteiger partial charge in [0.1, 0.15) is 13.2 Å². The maximum absolute atomic E-state index is 12.8. The van der Waals surface area contributed by atoms with Crippen LogP contribution >= 0.6 is 0 Å². The summed E-state index contributed by atoms with van der Waals surface area (Å²) < 4.78 is 16.7. The van der Waals surface area contributed by atoms with Crippen LogP contribution in [0, 0.1) is 0 Å². The van der Waals surface area contributed by atoms with Crippen molar-refractivity contribution in [2.75, 3.05) is 13.2 Å². The Kier molecular flexibility index (Phi) is 52.1. The molecule has 0 aromatic carbocycles. The summed E-state index contributed by atoms with van der Waals surface area (Å²) in [7, 11) is 0. The number of carbonyl (C=O) groups is 3. The van der Waals surface area contributed by atoms with E-state index in [2.05, 4.69) is 167 Å². The summed E-state index contributed by atoms with van der Waals surface area (Å²) in [5, 5.41) is 0. The first-order chi connectivity index (χ1) is 34.0. The zero-order valence-electron chi connectivity index (χ0n) is 44.0. The van der Waals surface area contributed by atoms with Crippen molar-refractivity contribution in [3.05, 3.63) is 146 Å². The fraction of sp³-hybridized carbons (Fsp3) is 0.571. The highest BCUT2D eigenvalue weighted by molar-refractivity contribution is 5.71. The lowest BCUT2D eigenvalue weighted by Crippen LogP contribution is -2.30. The lowest BCUT2D eigenvalue weighted by molar-refractivity contribution is -0.167. The van der Waals surface area contributed by atoms with Crippen molar-refractivity contribution in [3.63, 3.8) is 0 Å². The molecule has 0 spiro atoms. The Balaban J connectivity index is 4.61. The summed E-state index contributed by atoms with van der Waals surface area (Å²) in [5.74, 6) is -1.07. The predicted octanol–water partition coefficient (Wildman–Crippen LogP) is 18.4. The number of carbonyl (C=O) groups excluding carboxylic acids is 3. The molecule has 0 aliphatic carbocycles. The Bertz CT molecular complexity index is 1560. The van der Waals surface area contributed by atoms with Gasteiger partial charge in [-0.15, -0.1) is 0 Å². The molecule has 6 nitrogen and oxygen atoms in total. The smallest absolute Gasteiger partial charge is 0.306 e. The molecule has 0 N–H and O–H groups in total. The molecule has 0 unspecified atom stereocenters. The van der Waals surface area contributed by atoms with Gasteiger partial charge in [0.25, 0.3) is 0 Å². The SMILES string of the molecule is CC/C=C\C/C=C\C/C=C\C/C=C\C/C=C\CCCCCC(=O)OC[C@H](COC(=O)CCC/C=C\C/C=C\C/C=C\CCCCCCCC)OC(=O)CCCC/C=C\C/C=C\C/C=C\C/C=C\CC. The van der Waals surface area contributed by atoms with E-state index >= 15 is 0 Å². The Morgan fingerprint density at radius 3 is 0.971 bits per heavy atom. The Morgan fingerprint density at radius 2 is 0.580 bits per heavy atom. The molecule has 0 amide bonds. The van der Waals surface area contributed by atoms with Crippen LogP contribution < -0.4 is 0 Å². The van der Waals surface area contributed by atoms with Gasteiger partial charge in [0, 0.05) is 19.3 Å². The summed E-state index contributed by atoms with van der Waals surface area (Å²) in [6.45, 7) is 6.27. The van der Waals surface area contributed by atoms with Gasteiger partial charge in [0.2, 0.25) is 0 Å². The van der Waals surface area contributed by atoms with Gasteiger partial charge in [0.05, 0.1) is 0 Å². The van der Waals surface area contributed by atoms with Crippen LogP contribution in [0.15, 0.2) is 146 Å². The lowest BCUT2D eigenvalue weighted by atomic mass is 10.1. The molecule has 1 atom stereocenters. The minimum Gasteiger partial charge on any atom is -0.462 e. The van der Waals surface area contributed by atoms with Gasteiger partial charge in [-0.2, -0.15) is 0 Å². The standard InChI is InChI=1S/C63H98O6/c1-4-7-10-13-16-19-22-25-28-30-31-33-36-38-41-44-47-50-53-56-62(65)68-59-60(69-63(66)57-54-51-48-45-42-39-34-27-24-21-18-15-12-9-6-3)58-67-61(64)55-52-49-46-43-40-37-35-32-29-26-23-20-17-14-11-8-5-2/h7,9-10,12,16,18-19,21,25-29,31,33-35,37-38,41-43,45-46,60H,4-6,8,11,13-15,17,20,22-24,30,32,36,39-40,44,47-59H2,1-3H3/b10-7-,12-9-,19-16-,21-18-,28-25-,29-26-,33-31-,34-27-,37-35-,41-38-,45-42-,46-43-/t60-/m0/s1. The fourth-order valence-corrected chi connectivity index (χ4v) is 6.77. The number of unbranched alkanes of at least 4 members (excludes halogenated alkanes) is 12. The van der Waals surface area contributed by atoms with Crippen molar-refractivity contribution in [1.82, 2.24) is 0 Å². The van der Waals surface area contributed by atoms with Crippen LogP contribution in [0.1, 0.15) is 213 Å². The molecular weight excluding hydrogens is 853 g/mol. The fourth-order valence-electron chi connectivity index (χ4n) is 6.77. The number of hydrogen-bond donors (Lipinski definition) is 0. The van der Waals surface area contributed by atoms with E-state index in [-0.39, 0.29) is 44.0 Å². The molecule has 0 aliphatic heterocycles. The van der Waals surface area contributed by atoms with Gasteiger partial charge >= 0.3 is 17.9 Å². The maximum atomic E-state index is 12.8. The summed E-state index contributed by atoms with van der Waals surface area (Å²) in [4.78, 5) is 38.1. The highest BCUT2D eigenvalue weighted by Crippen LogP contribution is 2.11. The third-order valence-corrected chi connectivity index (χ3v) is 10.8. The van der Waals surface area contributed by atoms with E-state index in [9.17, 15) is 14.4 Å². The van der Waals surface area contributed by atoms with E-state index in [4.69, 9.17) is 14.2 Å². The highest BCUT2D eigenvalue weighted by Gasteiger charge is 2.19. The van der Waals surface area contributed by atoms with Crippen LogP contribution in [0.25, 0.3) is 0 Å². The zero-order chi connectivity index (χ0) is 50.0. The molecule has 0 bridgehead atoms. The molecule has 0 saturated heterocycles. The van der Waals surface area contributed by atoms with Gasteiger partial charge in [-0.25, -0.2) is 0 Å². The van der Waals surface area contributed by atoms with Gasteiger partial charge in [-0.1, -0.05) is 205 Å². The monoisotopic (exact) mass is 951 g/mol. The molecule has 0 saturated carbocycles. The molecule has 69 heavy (non-hydrogen) atoms. The van der Waals surface area contributed by atoms with Crippen LogP contribution in [-0.2, 0) is 28.6 Å². The summed E-state index contributed by atoms with van der Waals surface area (Å²) >= 11 is 0. The molecule has 0 rings (SSSR count). The molecular formula is C63H98O6. The van der Waals surface area contributed by atoms with E-state index in [1.54, 1.807) is 0 Å². The molecule has 0 aliphatic rings. The number of rotatable bonds is 47. The van der Waals surface area contributed by atoms with Crippen molar-refractivity contribution in [3.8, 4) is 0 Å². The van der Waals surface area contributed by atoms with Gasteiger partial charge in [-0.3, -0.25) is 14.4 Å². The first kappa shape index (κ1) is 64.3. The molecule has 0 aromatic rings. The number of allylic oxidation sites excluding steroid dienone is 24. The van der Waals surface area contributed by atoms with E-state index in [0.717, 1.165) is 116 Å². The lowest BCUT2D eigenvalue weighted by Gasteiger charge is -2.18. The normalized spacial score (nSPS) is 13.3. The number of hydrogen-bond acceptors (Lipinski definition) is 6. The van der Waals surface area contributed by atoms with Crippen molar-refractivity contribution in [1.29, 1.82) is 0 Å². The van der Waals surface area contributed by atoms with E-state index in [1.807, 2.05) is 0 Å². The minimum atomic E-state index is -0.841. The second kappa shape index (κ2) is 55.9. The Labute approximate surface area is 423 Å². The first-order valence-electron chi connectivity index (χ1n) is 27.3. The molecule has 386 valence electrons. The second-order valence-electron chi connectivity index (χ2n) is 17.4. The van der Waals surface area contributed by atoms with Gasteiger partial charge < -0.3 is 14.2 Å². The number of esters is 3. The molecule has 0 radical (unpaired) electrons. The van der Waals surface area contributed by atoms with Crippen LogP contribution in [-0.4, -0.2) is 37.2 Å². The third kappa shape index (κ3) is 54.1. The largest absolute Gasteiger partial charge is 0.462 e. The molecule has 0 aromatic heterocycles. The maximum Gasteiger partial charge on any atom is 0.306 e. The molecule has 0 heterocycles. The zero-order valence-corrected chi connectivity index (χ0v) is 44.0. The van der Waals surface area contributed by atoms with E-state index in [1.165, 1.54) is 44.9 Å². The molecule has 6 heteroatoms. The van der Waals surface area contributed by atoms with Gasteiger partial charge in [-0.05, 0) is 135 Å². The second-order valence-corrected chi connectivity index (χ2v) is 17.4. The van der Waals surface area contributed by atoms with Crippen molar-refractivity contribution < 1.29 is 28.6 Å². The summed E-state index contributed by atoms with van der Waals surface area (Å²) in [6.07, 6.45) is 79.8. The Hall–Kier alpha value is -4.71. The summed E-state index contributed by atoms with van der Waals surface area (Å²) in [5.41, 5.74) is 0. The van der Waals surface area contributed by atoms with Crippen LogP contribution in [0.5, 0.6) is 0 Å². The van der Waals surface area contributed by atoms with Gasteiger partial charge in [0.15, 0.2) is 6.10 Å². The predicted molar refractivity (Wildman–Crippen MR) is 297 cm³/mol. The Morgan fingerprint density at radius 1 is 0.304 bits per heavy atom. The highest BCUT2D eigenvalue weighted by atomic mass is 16.6. The van der Waals surface area contributed by atoms with Crippen LogP contribution in [0.2, 0.25) is 0 Å². The van der Waals surface area contributed by atoms with E-state index in [0.29, 0.717) is 19.3 Å². The van der Waals surface area contributed by atoms with Crippen molar-refractivity contribution in [2.24, 2.45) is 0 Å². The van der Waals surface area contributed by atoms with Crippen LogP contribution in [0.4, 0.5) is 0 Å². The quantitative estimate of drug-likeness (QED) is 0.0262. The van der Waals surface area contributed by atoms with Crippen LogP contribution in [0.3, 0.4) is 0 Å². The third-order valence-electron chi connectivity index (χ3n) is 10.8. The average molecular weight is 951 g/mol. The average Bonchev–Trinajstić information content (AvgIpc) is 3.35. The topological polar surface area (TPSA) is 78.9 Å². The van der Waals surface area contributed by atoms with E-state index < -0.39 is 6.10 Å². The minimum absolute atomic E-state index is 0.134.